The summed E-state index contributed by atoms with van der Waals surface area (Å²) in [7, 11) is 0. The highest BCUT2D eigenvalue weighted by Crippen LogP contribution is 2.26. The molecule has 0 spiro atoms. The van der Waals surface area contributed by atoms with Gasteiger partial charge in [0, 0.05) is 12.4 Å². The smallest absolute Gasteiger partial charge is 0.317 e. The number of likely N-dealkylation sites (N-methyl/N-ethyl adjacent to an activating group) is 1. The van der Waals surface area contributed by atoms with Crippen LogP contribution in [0.1, 0.15) is 26.3 Å². The van der Waals surface area contributed by atoms with Gasteiger partial charge in [-0.2, -0.15) is 0 Å². The number of hydrogen-bond donors (Lipinski definition) is 0. The summed E-state index contributed by atoms with van der Waals surface area (Å²) in [5.74, 6) is -0.0490. The van der Waals surface area contributed by atoms with E-state index in [4.69, 9.17) is 16.3 Å². The van der Waals surface area contributed by atoms with Crippen LogP contribution in [-0.2, 0) is 14.9 Å². The summed E-state index contributed by atoms with van der Waals surface area (Å²) in [4.78, 5) is 14.5. The average molecular weight is 298 g/mol. The summed E-state index contributed by atoms with van der Waals surface area (Å²) in [5.41, 5.74) is 0.106. The van der Waals surface area contributed by atoms with E-state index < -0.39 is 5.41 Å². The van der Waals surface area contributed by atoms with E-state index in [9.17, 15) is 4.79 Å². The predicted octanol–water partition coefficient (Wildman–Crippen LogP) is 3.07. The molecule has 20 heavy (non-hydrogen) atoms. The highest BCUT2D eigenvalue weighted by Gasteiger charge is 2.36. The Labute approximate surface area is 126 Å². The Bertz CT molecular complexity index is 406. The molecule has 0 bridgehead atoms. The maximum Gasteiger partial charge on any atom is 0.317 e. The van der Waals surface area contributed by atoms with Crippen molar-refractivity contribution < 1.29 is 9.53 Å². The Morgan fingerprint density at radius 2 is 1.85 bits per heavy atom. The Hall–Kier alpha value is -1.06. The van der Waals surface area contributed by atoms with Crippen LogP contribution in [0.5, 0.6) is 0 Å². The minimum absolute atomic E-state index is 0.209. The van der Waals surface area contributed by atoms with Gasteiger partial charge in [0.2, 0.25) is 0 Å². The largest absolute Gasteiger partial charge is 0.464 e. The summed E-state index contributed by atoms with van der Waals surface area (Å²) in [6.07, 6.45) is 0. The van der Waals surface area contributed by atoms with Crippen molar-refractivity contribution in [1.82, 2.24) is 4.90 Å². The summed E-state index contributed by atoms with van der Waals surface area (Å²) in [6, 6.07) is 9.55. The number of hydrogen-bond acceptors (Lipinski definition) is 3. The molecule has 0 aliphatic rings. The molecule has 0 aliphatic heterocycles. The lowest BCUT2D eigenvalue weighted by Crippen LogP contribution is -2.38. The Kier molecular flexibility index (Phi) is 7.03. The molecule has 4 heteroatoms. The maximum atomic E-state index is 12.3. The molecule has 0 aromatic heterocycles. The minimum atomic E-state index is -0.786. The first-order valence-electron chi connectivity index (χ1n) is 7.09. The summed E-state index contributed by atoms with van der Waals surface area (Å²) < 4.78 is 5.42. The molecule has 0 aliphatic carbocycles. The maximum absolute atomic E-state index is 12.3. The first-order chi connectivity index (χ1) is 9.58. The Morgan fingerprint density at radius 3 is 2.35 bits per heavy atom. The number of ether oxygens (including phenoxy) is 1. The first kappa shape index (κ1) is 17.0. The molecule has 0 saturated heterocycles. The van der Waals surface area contributed by atoms with Gasteiger partial charge >= 0.3 is 5.97 Å². The molecule has 3 nitrogen and oxygen atoms in total. The first-order valence-corrected chi connectivity index (χ1v) is 7.63. The molecule has 0 unspecified atom stereocenters. The summed E-state index contributed by atoms with van der Waals surface area (Å²) >= 11 is 6.02. The zero-order chi connectivity index (χ0) is 15.0. The number of nitrogens with zero attached hydrogens (tertiary/aromatic N) is 1. The van der Waals surface area contributed by atoms with Crippen LogP contribution in [-0.4, -0.2) is 43.0 Å². The molecule has 112 valence electrons. The number of carbonyl (C=O) groups excluding carboxylic acids is 1. The number of alkyl halides is 1. The van der Waals surface area contributed by atoms with E-state index in [0.29, 0.717) is 6.61 Å². The van der Waals surface area contributed by atoms with Crippen LogP contribution in [0.3, 0.4) is 0 Å². The number of carbonyl (C=O) groups is 1. The van der Waals surface area contributed by atoms with Crippen LogP contribution in [0.25, 0.3) is 0 Å². The topological polar surface area (TPSA) is 29.5 Å². The fraction of sp³-hybridized carbons (Fsp3) is 0.562. The lowest BCUT2D eigenvalue weighted by Gasteiger charge is -2.26. The van der Waals surface area contributed by atoms with Gasteiger partial charge in [-0.05, 0) is 25.6 Å². The molecule has 0 N–H and O–H groups in total. The van der Waals surface area contributed by atoms with Gasteiger partial charge in [-0.3, -0.25) is 4.79 Å². The fourth-order valence-electron chi connectivity index (χ4n) is 2.02. The lowest BCUT2D eigenvalue weighted by molar-refractivity contribution is -0.149. The van der Waals surface area contributed by atoms with Crippen molar-refractivity contribution in [3.8, 4) is 0 Å². The van der Waals surface area contributed by atoms with E-state index in [1.165, 1.54) is 0 Å². The summed E-state index contributed by atoms with van der Waals surface area (Å²) in [5, 5.41) is 0. The molecule has 0 heterocycles. The molecule has 0 saturated carbocycles. The third-order valence-corrected chi connectivity index (χ3v) is 4.20. The molecule has 1 aromatic carbocycles. The summed E-state index contributed by atoms with van der Waals surface area (Å²) in [6.45, 7) is 9.09. The van der Waals surface area contributed by atoms with Crippen molar-refractivity contribution in [2.24, 2.45) is 0 Å². The highest BCUT2D eigenvalue weighted by atomic mass is 35.5. The molecule has 1 aromatic rings. The van der Waals surface area contributed by atoms with Crippen molar-refractivity contribution in [3.63, 3.8) is 0 Å². The molecular formula is C16H24ClNO2. The molecule has 0 amide bonds. The van der Waals surface area contributed by atoms with Gasteiger partial charge in [0.15, 0.2) is 0 Å². The molecule has 1 atom stereocenters. The average Bonchev–Trinajstić information content (AvgIpc) is 2.51. The number of benzene rings is 1. The second-order valence-electron chi connectivity index (χ2n) is 4.99. The van der Waals surface area contributed by atoms with Crippen molar-refractivity contribution >= 4 is 17.6 Å². The van der Waals surface area contributed by atoms with E-state index in [-0.39, 0.29) is 11.8 Å². The van der Waals surface area contributed by atoms with Crippen LogP contribution in [0.2, 0.25) is 0 Å². The highest BCUT2D eigenvalue weighted by molar-refractivity contribution is 6.20. The quantitative estimate of drug-likeness (QED) is 0.545. The molecular weight excluding hydrogens is 274 g/mol. The molecule has 1 rings (SSSR count). The second-order valence-corrected chi connectivity index (χ2v) is 5.26. The van der Waals surface area contributed by atoms with E-state index >= 15 is 0 Å². The van der Waals surface area contributed by atoms with Crippen LogP contribution < -0.4 is 0 Å². The van der Waals surface area contributed by atoms with Crippen molar-refractivity contribution in [2.45, 2.75) is 26.2 Å². The number of esters is 1. The van der Waals surface area contributed by atoms with Gasteiger partial charge in [-0.15, -0.1) is 11.6 Å². The third kappa shape index (κ3) is 4.22. The standard InChI is InChI=1S/C16H24ClNO2/c1-4-18(5-2)11-12-20-15(19)16(3,13-17)14-9-7-6-8-10-14/h6-10H,4-5,11-13H2,1-3H3/t16-/m1/s1. The van der Waals surface area contributed by atoms with E-state index in [1.807, 2.05) is 37.3 Å². The van der Waals surface area contributed by atoms with Gasteiger partial charge in [0.1, 0.15) is 12.0 Å². The van der Waals surface area contributed by atoms with Crippen molar-refractivity contribution in [3.05, 3.63) is 35.9 Å². The minimum Gasteiger partial charge on any atom is -0.464 e. The zero-order valence-electron chi connectivity index (χ0n) is 12.6. The van der Waals surface area contributed by atoms with Gasteiger partial charge in [-0.25, -0.2) is 0 Å². The third-order valence-electron chi connectivity index (χ3n) is 3.66. The number of halogens is 1. The van der Waals surface area contributed by atoms with E-state index in [0.717, 1.165) is 25.2 Å². The van der Waals surface area contributed by atoms with Crippen LogP contribution in [0, 0.1) is 0 Å². The lowest BCUT2D eigenvalue weighted by atomic mass is 9.84. The monoisotopic (exact) mass is 297 g/mol. The fourth-order valence-corrected chi connectivity index (χ4v) is 2.29. The van der Waals surface area contributed by atoms with Gasteiger partial charge in [-0.1, -0.05) is 44.2 Å². The Balaban J connectivity index is 2.64. The number of rotatable bonds is 8. The zero-order valence-corrected chi connectivity index (χ0v) is 13.3. The Morgan fingerprint density at radius 1 is 1.25 bits per heavy atom. The normalized spacial score (nSPS) is 14.1. The van der Waals surface area contributed by atoms with E-state index in [2.05, 4.69) is 18.7 Å². The van der Waals surface area contributed by atoms with Crippen LogP contribution in [0.15, 0.2) is 30.3 Å². The van der Waals surface area contributed by atoms with Gasteiger partial charge in [0.05, 0.1) is 0 Å². The SMILES string of the molecule is CCN(CC)CCOC(=O)[C@](C)(CCl)c1ccccc1. The predicted molar refractivity (Wildman–Crippen MR) is 83.3 cm³/mol. The van der Waals surface area contributed by atoms with E-state index in [1.54, 1.807) is 0 Å². The molecule has 0 fully saturated rings. The van der Waals surface area contributed by atoms with Crippen LogP contribution in [0.4, 0.5) is 0 Å². The van der Waals surface area contributed by atoms with Crippen molar-refractivity contribution in [2.75, 3.05) is 32.1 Å². The molecule has 0 radical (unpaired) electrons. The van der Waals surface area contributed by atoms with Gasteiger partial charge < -0.3 is 9.64 Å². The van der Waals surface area contributed by atoms with Gasteiger partial charge in [0.25, 0.3) is 0 Å². The van der Waals surface area contributed by atoms with Crippen LogP contribution >= 0.6 is 11.6 Å². The second kappa shape index (κ2) is 8.28. The van der Waals surface area contributed by atoms with Crippen molar-refractivity contribution in [1.29, 1.82) is 0 Å².